The SMILES string of the molecule is CCN(CC)CCCC(C)N(CC1=CCC2CC1C2(C)C)C(=O)c1ccc(Cl)cc1. The molecule has 0 N–H and O–H groups in total. The third kappa shape index (κ3) is 4.94. The Hall–Kier alpha value is -1.32. The van der Waals surface area contributed by atoms with Crippen LogP contribution in [0.25, 0.3) is 0 Å². The van der Waals surface area contributed by atoms with Gasteiger partial charge in [0.1, 0.15) is 0 Å². The molecule has 3 aliphatic rings. The van der Waals surface area contributed by atoms with Gasteiger partial charge in [-0.25, -0.2) is 0 Å². The molecule has 0 saturated heterocycles. The van der Waals surface area contributed by atoms with Crippen molar-refractivity contribution in [1.29, 1.82) is 0 Å². The zero-order valence-corrected chi connectivity index (χ0v) is 20.2. The predicted molar refractivity (Wildman–Crippen MR) is 127 cm³/mol. The van der Waals surface area contributed by atoms with Gasteiger partial charge in [-0.2, -0.15) is 0 Å². The second-order valence-corrected chi connectivity index (χ2v) is 10.2. The van der Waals surface area contributed by atoms with Gasteiger partial charge in [-0.1, -0.05) is 50.9 Å². The number of amides is 1. The molecule has 3 unspecified atom stereocenters. The van der Waals surface area contributed by atoms with E-state index >= 15 is 0 Å². The number of hydrogen-bond donors (Lipinski definition) is 0. The lowest BCUT2D eigenvalue weighted by Crippen LogP contribution is -2.51. The molecular weight excluding hydrogens is 392 g/mol. The van der Waals surface area contributed by atoms with E-state index in [9.17, 15) is 4.79 Å². The summed E-state index contributed by atoms with van der Waals surface area (Å²) in [6.07, 6.45) is 7.02. The van der Waals surface area contributed by atoms with Crippen LogP contribution in [0.1, 0.15) is 70.7 Å². The molecule has 4 rings (SSSR count). The van der Waals surface area contributed by atoms with Gasteiger partial charge in [0, 0.05) is 23.2 Å². The third-order valence-corrected chi connectivity index (χ3v) is 8.06. The van der Waals surface area contributed by atoms with E-state index in [1.165, 1.54) is 12.0 Å². The molecule has 0 radical (unpaired) electrons. The number of allylic oxidation sites excluding steroid dienone is 1. The molecule has 0 aromatic heterocycles. The van der Waals surface area contributed by atoms with Gasteiger partial charge in [-0.3, -0.25) is 4.79 Å². The van der Waals surface area contributed by atoms with E-state index in [2.05, 4.69) is 50.5 Å². The van der Waals surface area contributed by atoms with Crippen molar-refractivity contribution in [2.45, 2.75) is 66.3 Å². The normalized spacial score (nSPS) is 23.0. The summed E-state index contributed by atoms with van der Waals surface area (Å²) in [4.78, 5) is 18.1. The van der Waals surface area contributed by atoms with Crippen molar-refractivity contribution in [2.75, 3.05) is 26.2 Å². The van der Waals surface area contributed by atoms with Crippen LogP contribution in [0, 0.1) is 17.3 Å². The monoisotopic (exact) mass is 430 g/mol. The molecular formula is C26H39ClN2O. The van der Waals surface area contributed by atoms with Gasteiger partial charge in [0.05, 0.1) is 0 Å². The number of fused-ring (bicyclic) bond motifs is 1. The molecule has 1 aromatic rings. The Labute approximate surface area is 188 Å². The van der Waals surface area contributed by atoms with E-state index in [4.69, 9.17) is 11.6 Å². The van der Waals surface area contributed by atoms with Gasteiger partial charge in [0.25, 0.3) is 5.91 Å². The van der Waals surface area contributed by atoms with Crippen LogP contribution in [0.2, 0.25) is 5.02 Å². The van der Waals surface area contributed by atoms with Crippen LogP contribution < -0.4 is 0 Å². The number of carbonyl (C=O) groups is 1. The Bertz CT molecular complexity index is 751. The molecule has 0 spiro atoms. The summed E-state index contributed by atoms with van der Waals surface area (Å²) in [6.45, 7) is 15.5. The maximum absolute atomic E-state index is 13.5. The fraction of sp³-hybridized carbons (Fsp3) is 0.654. The van der Waals surface area contributed by atoms with Crippen molar-refractivity contribution in [3.05, 3.63) is 46.5 Å². The van der Waals surface area contributed by atoms with E-state index in [1.807, 2.05) is 24.3 Å². The van der Waals surface area contributed by atoms with E-state index in [-0.39, 0.29) is 11.9 Å². The number of nitrogens with zero attached hydrogens (tertiary/aromatic N) is 2. The first-order chi connectivity index (χ1) is 14.3. The maximum atomic E-state index is 13.5. The summed E-state index contributed by atoms with van der Waals surface area (Å²) in [6, 6.07) is 7.57. The highest BCUT2D eigenvalue weighted by Gasteiger charge is 2.51. The van der Waals surface area contributed by atoms with Gasteiger partial charge in [-0.15, -0.1) is 0 Å². The molecule has 0 aliphatic heterocycles. The molecule has 1 amide bonds. The summed E-state index contributed by atoms with van der Waals surface area (Å²) in [5.41, 5.74) is 2.59. The zero-order valence-electron chi connectivity index (χ0n) is 19.5. The number of carbonyl (C=O) groups excluding carboxylic acids is 1. The van der Waals surface area contributed by atoms with Gasteiger partial charge >= 0.3 is 0 Å². The molecule has 3 nitrogen and oxygen atoms in total. The van der Waals surface area contributed by atoms with Crippen molar-refractivity contribution >= 4 is 17.5 Å². The molecule has 1 saturated carbocycles. The van der Waals surface area contributed by atoms with Crippen molar-refractivity contribution in [3.63, 3.8) is 0 Å². The fourth-order valence-electron chi connectivity index (χ4n) is 5.34. The Morgan fingerprint density at radius 1 is 1.20 bits per heavy atom. The minimum atomic E-state index is 0.127. The highest BCUT2D eigenvalue weighted by molar-refractivity contribution is 6.30. The molecule has 4 heteroatoms. The second kappa shape index (κ2) is 9.87. The van der Waals surface area contributed by atoms with Crippen LogP contribution in [0.15, 0.2) is 35.9 Å². The minimum absolute atomic E-state index is 0.127. The lowest BCUT2D eigenvalue weighted by atomic mass is 9.49. The van der Waals surface area contributed by atoms with Gasteiger partial charge in [0.2, 0.25) is 0 Å². The molecule has 1 aromatic carbocycles. The highest BCUT2D eigenvalue weighted by atomic mass is 35.5. The summed E-state index contributed by atoms with van der Waals surface area (Å²) in [7, 11) is 0. The van der Waals surface area contributed by atoms with Crippen LogP contribution in [0.5, 0.6) is 0 Å². The second-order valence-electron chi connectivity index (χ2n) is 9.78. The van der Waals surface area contributed by atoms with Gasteiger partial charge in [-0.05, 0) is 93.8 Å². The van der Waals surface area contributed by atoms with Crippen LogP contribution >= 0.6 is 11.6 Å². The van der Waals surface area contributed by atoms with Crippen molar-refractivity contribution in [2.24, 2.45) is 17.3 Å². The first-order valence-electron chi connectivity index (χ1n) is 11.8. The van der Waals surface area contributed by atoms with Crippen molar-refractivity contribution in [1.82, 2.24) is 9.80 Å². The standard InChI is InChI=1S/C26H39ClN2O/c1-6-28(7-2)16-8-9-19(3)29(25(30)20-11-14-23(27)15-12-20)18-21-10-13-22-17-24(21)26(22,4)5/h10-12,14-15,19,22,24H,6-9,13,16-18H2,1-5H3. The Morgan fingerprint density at radius 3 is 2.43 bits per heavy atom. The first-order valence-corrected chi connectivity index (χ1v) is 12.1. The average molecular weight is 431 g/mol. The molecule has 166 valence electrons. The first kappa shape index (κ1) is 23.3. The summed E-state index contributed by atoms with van der Waals surface area (Å²) in [5, 5.41) is 0.669. The van der Waals surface area contributed by atoms with E-state index in [0.29, 0.717) is 16.4 Å². The van der Waals surface area contributed by atoms with Crippen molar-refractivity contribution in [3.8, 4) is 0 Å². The summed E-state index contributed by atoms with van der Waals surface area (Å²) >= 11 is 6.06. The number of halogens is 1. The number of rotatable bonds is 10. The van der Waals surface area contributed by atoms with Gasteiger partial charge < -0.3 is 9.80 Å². The Morgan fingerprint density at radius 2 is 1.87 bits per heavy atom. The third-order valence-electron chi connectivity index (χ3n) is 7.81. The molecule has 0 heterocycles. The summed E-state index contributed by atoms with van der Waals surface area (Å²) < 4.78 is 0. The quantitative estimate of drug-likeness (QED) is 0.407. The lowest BCUT2D eigenvalue weighted by Gasteiger charge is -2.57. The lowest BCUT2D eigenvalue weighted by molar-refractivity contribution is -0.0113. The van der Waals surface area contributed by atoms with Crippen molar-refractivity contribution < 1.29 is 4.79 Å². The molecule has 30 heavy (non-hydrogen) atoms. The molecule has 3 aliphatic carbocycles. The minimum Gasteiger partial charge on any atom is -0.332 e. The molecule has 1 fully saturated rings. The van der Waals surface area contributed by atoms with E-state index in [1.54, 1.807) is 0 Å². The van der Waals surface area contributed by atoms with E-state index < -0.39 is 0 Å². The fourth-order valence-corrected chi connectivity index (χ4v) is 5.47. The number of benzene rings is 1. The Kier molecular flexibility index (Phi) is 7.68. The van der Waals surface area contributed by atoms with Gasteiger partial charge in [0.15, 0.2) is 0 Å². The van der Waals surface area contributed by atoms with Crippen LogP contribution in [0.4, 0.5) is 0 Å². The molecule has 3 atom stereocenters. The highest BCUT2D eigenvalue weighted by Crippen LogP contribution is 2.59. The topological polar surface area (TPSA) is 23.6 Å². The summed E-state index contributed by atoms with van der Waals surface area (Å²) in [5.74, 6) is 1.57. The van der Waals surface area contributed by atoms with Crippen LogP contribution in [-0.4, -0.2) is 47.9 Å². The smallest absolute Gasteiger partial charge is 0.254 e. The Balaban J connectivity index is 1.73. The van der Waals surface area contributed by atoms with E-state index in [0.717, 1.165) is 56.9 Å². The largest absolute Gasteiger partial charge is 0.332 e. The zero-order chi connectivity index (χ0) is 21.9. The average Bonchev–Trinajstić information content (AvgIpc) is 2.75. The van der Waals surface area contributed by atoms with Crippen LogP contribution in [0.3, 0.4) is 0 Å². The molecule has 2 bridgehead atoms. The number of hydrogen-bond acceptors (Lipinski definition) is 2. The predicted octanol–water partition coefficient (Wildman–Crippen LogP) is 6.29. The van der Waals surface area contributed by atoms with Crippen LogP contribution in [-0.2, 0) is 0 Å². The maximum Gasteiger partial charge on any atom is 0.254 e.